The van der Waals surface area contributed by atoms with Crippen LogP contribution in [0.15, 0.2) is 27.7 Å². The van der Waals surface area contributed by atoms with E-state index in [1.807, 2.05) is 24.5 Å². The number of hydrogen-bond acceptors (Lipinski definition) is 3. The van der Waals surface area contributed by atoms with E-state index in [0.29, 0.717) is 0 Å². The summed E-state index contributed by atoms with van der Waals surface area (Å²) in [5, 5.41) is 1.01. The fraction of sp³-hybridized carbons (Fsp3) is 0.417. The maximum absolute atomic E-state index is 5.37. The van der Waals surface area contributed by atoms with Gasteiger partial charge in [-0.25, -0.2) is 0 Å². The van der Waals surface area contributed by atoms with Gasteiger partial charge in [-0.1, -0.05) is 15.9 Å². The van der Waals surface area contributed by atoms with Gasteiger partial charge >= 0.3 is 0 Å². The minimum atomic E-state index is 0.288. The van der Waals surface area contributed by atoms with E-state index < -0.39 is 0 Å². The molecule has 0 amide bonds. The summed E-state index contributed by atoms with van der Waals surface area (Å²) in [6.07, 6.45) is 2.03. The molecule has 0 unspecified atom stereocenters. The number of aliphatic imine (C=N–C) groups is 1. The van der Waals surface area contributed by atoms with Gasteiger partial charge in [-0.2, -0.15) is 0 Å². The topological polar surface area (TPSA) is 21.6 Å². The van der Waals surface area contributed by atoms with Gasteiger partial charge < -0.3 is 4.74 Å². The lowest BCUT2D eigenvalue weighted by atomic mass is 10.2. The van der Waals surface area contributed by atoms with Gasteiger partial charge in [0.2, 0.25) is 0 Å². The molecule has 16 heavy (non-hydrogen) atoms. The van der Waals surface area contributed by atoms with E-state index in [1.54, 1.807) is 18.9 Å². The maximum Gasteiger partial charge on any atom is 0.129 e. The molecule has 2 nitrogen and oxygen atoms in total. The summed E-state index contributed by atoms with van der Waals surface area (Å²) in [6, 6.07) is 6.28. The smallest absolute Gasteiger partial charge is 0.129 e. The monoisotopic (exact) mass is 301 g/mol. The van der Waals surface area contributed by atoms with Crippen LogP contribution in [-0.4, -0.2) is 24.5 Å². The molecular weight excluding hydrogens is 286 g/mol. The predicted molar refractivity (Wildman–Crippen MR) is 75.9 cm³/mol. The number of ether oxygens (including phenoxy) is 1. The first-order valence-electron chi connectivity index (χ1n) is 5.04. The molecule has 0 saturated carbocycles. The van der Waals surface area contributed by atoms with Gasteiger partial charge in [0.1, 0.15) is 10.8 Å². The summed E-state index contributed by atoms with van der Waals surface area (Å²) >= 11 is 5.07. The first kappa shape index (κ1) is 13.6. The Labute approximate surface area is 110 Å². The van der Waals surface area contributed by atoms with Crippen LogP contribution in [0, 0.1) is 0 Å². The number of benzene rings is 1. The summed E-state index contributed by atoms with van der Waals surface area (Å²) in [6.45, 7) is 4.14. The van der Waals surface area contributed by atoms with E-state index in [4.69, 9.17) is 4.74 Å². The first-order chi connectivity index (χ1) is 7.58. The molecule has 0 saturated heterocycles. The number of methoxy groups -OCH3 is 1. The number of halogens is 1. The van der Waals surface area contributed by atoms with E-state index in [-0.39, 0.29) is 6.04 Å². The van der Waals surface area contributed by atoms with Gasteiger partial charge in [0.25, 0.3) is 0 Å². The third-order valence-electron chi connectivity index (χ3n) is 1.96. The molecule has 4 heteroatoms. The molecule has 0 fully saturated rings. The van der Waals surface area contributed by atoms with Crippen molar-refractivity contribution in [3.8, 4) is 5.75 Å². The van der Waals surface area contributed by atoms with Crippen LogP contribution in [0.5, 0.6) is 5.75 Å². The third kappa shape index (κ3) is 3.52. The Balaban J connectivity index is 3.19. The van der Waals surface area contributed by atoms with E-state index >= 15 is 0 Å². The number of hydrogen-bond donors (Lipinski definition) is 0. The van der Waals surface area contributed by atoms with E-state index in [9.17, 15) is 0 Å². The Bertz CT molecular complexity index is 391. The van der Waals surface area contributed by atoms with Crippen molar-refractivity contribution < 1.29 is 4.74 Å². The minimum Gasteiger partial charge on any atom is -0.496 e. The SMILES string of the molecule is COc1cc(Br)ccc1C(=NC(C)C)SC. The predicted octanol–water partition coefficient (Wildman–Crippen LogP) is 3.98. The molecule has 0 bridgehead atoms. The normalized spacial score (nSPS) is 12.0. The Kier molecular flexibility index (Phi) is 5.35. The molecule has 0 spiro atoms. The summed E-state index contributed by atoms with van der Waals surface area (Å²) in [7, 11) is 1.68. The second kappa shape index (κ2) is 6.30. The molecule has 1 aromatic carbocycles. The molecule has 0 aliphatic heterocycles. The van der Waals surface area contributed by atoms with Crippen molar-refractivity contribution in [1.29, 1.82) is 0 Å². The highest BCUT2D eigenvalue weighted by atomic mass is 79.9. The standard InChI is InChI=1S/C12H16BrNOS/c1-8(2)14-12(16-4)10-6-5-9(13)7-11(10)15-3/h5-8H,1-4H3. The average molecular weight is 302 g/mol. The third-order valence-corrected chi connectivity index (χ3v) is 3.17. The lowest BCUT2D eigenvalue weighted by Crippen LogP contribution is -2.03. The molecule has 0 radical (unpaired) electrons. The van der Waals surface area contributed by atoms with Crippen LogP contribution in [0.4, 0.5) is 0 Å². The van der Waals surface area contributed by atoms with Crippen molar-refractivity contribution in [3.05, 3.63) is 28.2 Å². The summed E-state index contributed by atoms with van der Waals surface area (Å²) in [4.78, 5) is 4.59. The number of rotatable bonds is 3. The van der Waals surface area contributed by atoms with Crippen molar-refractivity contribution in [2.45, 2.75) is 19.9 Å². The molecule has 0 heterocycles. The van der Waals surface area contributed by atoms with Gasteiger partial charge in [-0.05, 0) is 38.3 Å². The van der Waals surface area contributed by atoms with E-state index in [2.05, 4.69) is 34.8 Å². The fourth-order valence-corrected chi connectivity index (χ4v) is 2.35. The van der Waals surface area contributed by atoms with Crippen molar-refractivity contribution in [1.82, 2.24) is 0 Å². The van der Waals surface area contributed by atoms with Crippen LogP contribution < -0.4 is 4.74 Å². The lowest BCUT2D eigenvalue weighted by Gasteiger charge is -2.11. The summed E-state index contributed by atoms with van der Waals surface area (Å²) in [5.41, 5.74) is 1.05. The van der Waals surface area contributed by atoms with Gasteiger partial charge in [-0.3, -0.25) is 4.99 Å². The molecule has 88 valence electrons. The maximum atomic E-state index is 5.37. The fourth-order valence-electron chi connectivity index (χ4n) is 1.31. The van der Waals surface area contributed by atoms with Crippen LogP contribution in [0.2, 0.25) is 0 Å². The second-order valence-electron chi connectivity index (χ2n) is 3.58. The molecule has 0 aliphatic carbocycles. The number of thioether (sulfide) groups is 1. The molecule has 1 rings (SSSR count). The highest BCUT2D eigenvalue weighted by molar-refractivity contribution is 9.10. The Hall–Kier alpha value is -0.480. The van der Waals surface area contributed by atoms with E-state index in [0.717, 1.165) is 20.8 Å². The van der Waals surface area contributed by atoms with Crippen LogP contribution in [-0.2, 0) is 0 Å². The molecule has 1 aromatic rings. The van der Waals surface area contributed by atoms with Crippen LogP contribution in [0.3, 0.4) is 0 Å². The largest absolute Gasteiger partial charge is 0.496 e. The lowest BCUT2D eigenvalue weighted by molar-refractivity contribution is 0.414. The van der Waals surface area contributed by atoms with Gasteiger partial charge in [0.15, 0.2) is 0 Å². The van der Waals surface area contributed by atoms with Crippen LogP contribution in [0.25, 0.3) is 0 Å². The quantitative estimate of drug-likeness (QED) is 0.622. The highest BCUT2D eigenvalue weighted by Gasteiger charge is 2.10. The van der Waals surface area contributed by atoms with Crippen LogP contribution >= 0.6 is 27.7 Å². The highest BCUT2D eigenvalue weighted by Crippen LogP contribution is 2.27. The minimum absolute atomic E-state index is 0.288. The summed E-state index contributed by atoms with van der Waals surface area (Å²) in [5.74, 6) is 0.850. The van der Waals surface area contributed by atoms with Gasteiger partial charge in [0.05, 0.1) is 7.11 Å². The van der Waals surface area contributed by atoms with Crippen LogP contribution in [0.1, 0.15) is 19.4 Å². The molecule has 0 atom stereocenters. The average Bonchev–Trinajstić information content (AvgIpc) is 2.25. The van der Waals surface area contributed by atoms with E-state index in [1.165, 1.54) is 0 Å². The van der Waals surface area contributed by atoms with Crippen molar-refractivity contribution in [2.24, 2.45) is 4.99 Å². The first-order valence-corrected chi connectivity index (χ1v) is 7.06. The van der Waals surface area contributed by atoms with Gasteiger partial charge in [-0.15, -0.1) is 11.8 Å². The zero-order valence-corrected chi connectivity index (χ0v) is 12.4. The van der Waals surface area contributed by atoms with Crippen molar-refractivity contribution in [3.63, 3.8) is 0 Å². The Morgan fingerprint density at radius 3 is 2.62 bits per heavy atom. The molecular formula is C12H16BrNOS. The van der Waals surface area contributed by atoms with Crippen molar-refractivity contribution in [2.75, 3.05) is 13.4 Å². The molecule has 0 aromatic heterocycles. The molecule has 0 N–H and O–H groups in total. The molecule has 0 aliphatic rings. The van der Waals surface area contributed by atoms with Crippen molar-refractivity contribution >= 4 is 32.7 Å². The Morgan fingerprint density at radius 2 is 2.12 bits per heavy atom. The number of nitrogens with zero attached hydrogens (tertiary/aromatic N) is 1. The zero-order chi connectivity index (χ0) is 12.1. The second-order valence-corrected chi connectivity index (χ2v) is 5.29. The van der Waals surface area contributed by atoms with Gasteiger partial charge in [0, 0.05) is 16.1 Å². The Morgan fingerprint density at radius 1 is 1.44 bits per heavy atom. The summed E-state index contributed by atoms with van der Waals surface area (Å²) < 4.78 is 6.38. The zero-order valence-electron chi connectivity index (χ0n) is 9.95.